The van der Waals surface area contributed by atoms with Crippen molar-refractivity contribution >= 4 is 48.3 Å². The largest absolute Gasteiger partial charge is 0.386 e. The van der Waals surface area contributed by atoms with Gasteiger partial charge in [-0.2, -0.15) is 0 Å². The molecule has 0 saturated heterocycles. The van der Waals surface area contributed by atoms with Crippen LogP contribution in [0.1, 0.15) is 11.1 Å². The van der Waals surface area contributed by atoms with Crippen molar-refractivity contribution in [2.45, 2.75) is 19.8 Å². The fourth-order valence-corrected chi connectivity index (χ4v) is 5.64. The molecule has 0 heterocycles. The van der Waals surface area contributed by atoms with Gasteiger partial charge in [0.2, 0.25) is 0 Å². The first kappa shape index (κ1) is 26.6. The highest BCUT2D eigenvalue weighted by Gasteiger charge is 2.39. The van der Waals surface area contributed by atoms with Crippen LogP contribution in [0.5, 0.6) is 0 Å². The lowest BCUT2D eigenvalue weighted by Crippen LogP contribution is -2.52. The Balaban J connectivity index is 2.00. The Morgan fingerprint density at radius 2 is 1.20 bits per heavy atom. The van der Waals surface area contributed by atoms with Gasteiger partial charge in [0, 0.05) is 33.4 Å². The van der Waals surface area contributed by atoms with Crippen molar-refractivity contribution in [1.29, 1.82) is 0 Å². The molecule has 0 unspecified atom stereocenters. The van der Waals surface area contributed by atoms with Crippen molar-refractivity contribution < 1.29 is 31.9 Å². The summed E-state index contributed by atoms with van der Waals surface area (Å²) in [5.74, 6) is -3.99. The number of benzene rings is 3. The maximum atomic E-state index is 14.7. The zero-order valence-electron chi connectivity index (χ0n) is 17.8. The third-order valence-electron chi connectivity index (χ3n) is 4.99. The normalized spacial score (nSPS) is 11.5. The van der Waals surface area contributed by atoms with Gasteiger partial charge in [0.05, 0.1) is 34.2 Å². The van der Waals surface area contributed by atoms with Gasteiger partial charge in [-0.05, 0) is 36.9 Å². The molecule has 3 aromatic rings. The topological polar surface area (TPSA) is 105 Å². The third-order valence-corrected chi connectivity index (χ3v) is 8.22. The van der Waals surface area contributed by atoms with Crippen LogP contribution >= 0.6 is 23.2 Å². The molecule has 0 fully saturated rings. The summed E-state index contributed by atoms with van der Waals surface area (Å²) in [6.07, 6.45) is 0. The fourth-order valence-electron chi connectivity index (χ4n) is 3.16. The number of rotatable bonds is 9. The van der Waals surface area contributed by atoms with Crippen molar-refractivity contribution in [3.05, 3.63) is 107 Å². The van der Waals surface area contributed by atoms with Gasteiger partial charge in [0.1, 0.15) is 5.82 Å². The quantitative estimate of drug-likeness (QED) is 0.142. The molecule has 0 spiro atoms. The minimum Gasteiger partial charge on any atom is -0.386 e. The van der Waals surface area contributed by atoms with Gasteiger partial charge in [0.25, 0.3) is 11.4 Å². The molecular formula is C21H15Cl2F3N2O6Si. The van der Waals surface area contributed by atoms with Crippen molar-refractivity contribution in [2.75, 3.05) is 0 Å². The van der Waals surface area contributed by atoms with E-state index in [1.165, 1.54) is 30.8 Å². The van der Waals surface area contributed by atoms with Crippen molar-refractivity contribution in [3.8, 4) is 0 Å². The number of nitro benzene ring substituents is 2. The molecule has 0 atom stereocenters. The average Bonchev–Trinajstić information content (AvgIpc) is 2.79. The summed E-state index contributed by atoms with van der Waals surface area (Å²) in [5.41, 5.74) is -0.648. The number of hydrogen-bond donors (Lipinski definition) is 0. The smallest absolute Gasteiger partial charge is 0.372 e. The van der Waals surface area contributed by atoms with Gasteiger partial charge in [-0.1, -0.05) is 23.2 Å². The number of hydrogen-bond acceptors (Lipinski definition) is 6. The van der Waals surface area contributed by atoms with Crippen LogP contribution in [0.3, 0.4) is 0 Å². The molecule has 0 aliphatic carbocycles. The molecular weight excluding hydrogens is 532 g/mol. The second-order valence-electron chi connectivity index (χ2n) is 7.33. The van der Waals surface area contributed by atoms with Crippen molar-refractivity contribution in [3.63, 3.8) is 0 Å². The second kappa shape index (κ2) is 10.7. The SMILES string of the molecule is C[Si](OCc1ccc(Cl)cc1[N+](=O)[O-])(OCc1ccc(Cl)cc1[N+](=O)[O-])c1cc(F)c(F)cc1F. The van der Waals surface area contributed by atoms with Crippen LogP contribution in [-0.2, 0) is 22.1 Å². The van der Waals surface area contributed by atoms with Gasteiger partial charge < -0.3 is 8.85 Å². The summed E-state index contributed by atoms with van der Waals surface area (Å²) < 4.78 is 53.9. The molecule has 0 bridgehead atoms. The molecule has 14 heteroatoms. The standard InChI is InChI=1S/C21H15Cl2F3N2O6Si/c1-35(21-9-17(25)16(24)8-18(21)26,33-10-12-2-4-14(22)6-19(12)27(29)30)34-11-13-3-5-15(23)7-20(13)28(31)32/h2-9H,10-11H2,1H3. The first-order valence-electron chi connectivity index (χ1n) is 9.70. The van der Waals surface area contributed by atoms with E-state index >= 15 is 0 Å². The van der Waals surface area contributed by atoms with Crippen LogP contribution in [0, 0.1) is 37.7 Å². The van der Waals surface area contributed by atoms with E-state index in [2.05, 4.69) is 0 Å². The summed E-state index contributed by atoms with van der Waals surface area (Å²) >= 11 is 11.6. The minimum atomic E-state index is -4.03. The number of nitro groups is 2. The molecule has 0 aromatic heterocycles. The summed E-state index contributed by atoms with van der Waals surface area (Å²) in [7, 11) is -4.03. The maximum Gasteiger partial charge on any atom is 0.372 e. The van der Waals surface area contributed by atoms with Crippen LogP contribution in [0.4, 0.5) is 24.5 Å². The monoisotopic (exact) mass is 546 g/mol. The lowest BCUT2D eigenvalue weighted by molar-refractivity contribution is -0.385. The van der Waals surface area contributed by atoms with Crippen molar-refractivity contribution in [1.82, 2.24) is 0 Å². The lowest BCUT2D eigenvalue weighted by Gasteiger charge is -2.28. The van der Waals surface area contributed by atoms with Crippen LogP contribution in [0.2, 0.25) is 16.6 Å². The van der Waals surface area contributed by atoms with E-state index in [0.717, 1.165) is 12.1 Å². The third kappa shape index (κ3) is 6.16. The highest BCUT2D eigenvalue weighted by molar-refractivity contribution is 6.80. The zero-order valence-corrected chi connectivity index (χ0v) is 20.3. The summed E-state index contributed by atoms with van der Waals surface area (Å²) in [6.45, 7) is 0.348. The van der Waals surface area contributed by atoms with Crippen LogP contribution in [0.25, 0.3) is 0 Å². The van der Waals surface area contributed by atoms with Crippen LogP contribution in [-0.4, -0.2) is 18.4 Å². The van der Waals surface area contributed by atoms with Gasteiger partial charge in [-0.3, -0.25) is 20.2 Å². The zero-order chi connectivity index (χ0) is 25.9. The Hall–Kier alpha value is -3.03. The van der Waals surface area contributed by atoms with Crippen LogP contribution < -0.4 is 5.19 Å². The van der Waals surface area contributed by atoms with Gasteiger partial charge >= 0.3 is 8.56 Å². The Morgan fingerprint density at radius 3 is 1.63 bits per heavy atom. The molecule has 0 radical (unpaired) electrons. The molecule has 8 nitrogen and oxygen atoms in total. The van der Waals surface area contributed by atoms with Crippen LogP contribution in [0.15, 0.2) is 48.5 Å². The Kier molecular flexibility index (Phi) is 8.13. The molecule has 0 aliphatic rings. The summed E-state index contributed by atoms with van der Waals surface area (Å²) in [5, 5.41) is 22.5. The highest BCUT2D eigenvalue weighted by atomic mass is 35.5. The molecule has 0 aliphatic heterocycles. The Labute approximate surface area is 207 Å². The van der Waals surface area contributed by atoms with E-state index in [-0.39, 0.29) is 32.5 Å². The van der Waals surface area contributed by atoms with Gasteiger partial charge in [-0.15, -0.1) is 0 Å². The first-order chi connectivity index (χ1) is 16.4. The molecule has 184 valence electrons. The van der Waals surface area contributed by atoms with E-state index in [0.29, 0.717) is 12.1 Å². The van der Waals surface area contributed by atoms with Gasteiger partial charge in [0.15, 0.2) is 11.6 Å². The summed E-state index contributed by atoms with van der Waals surface area (Å²) in [6, 6.07) is 8.47. The molecule has 35 heavy (non-hydrogen) atoms. The van der Waals surface area contributed by atoms with E-state index in [9.17, 15) is 33.4 Å². The molecule has 0 amide bonds. The van der Waals surface area contributed by atoms with E-state index in [1.54, 1.807) is 0 Å². The Bertz CT molecular complexity index is 1250. The first-order valence-corrected chi connectivity index (χ1v) is 12.8. The summed E-state index contributed by atoms with van der Waals surface area (Å²) in [4.78, 5) is 21.4. The highest BCUT2D eigenvalue weighted by Crippen LogP contribution is 2.28. The number of nitrogens with zero attached hydrogens (tertiary/aromatic N) is 2. The molecule has 3 rings (SSSR count). The lowest BCUT2D eigenvalue weighted by atomic mass is 10.2. The molecule has 0 saturated carbocycles. The second-order valence-corrected chi connectivity index (χ2v) is 11.2. The minimum absolute atomic E-state index is 0.0576. The Morgan fingerprint density at radius 1 is 0.771 bits per heavy atom. The van der Waals surface area contributed by atoms with Crippen molar-refractivity contribution in [2.24, 2.45) is 0 Å². The number of halogens is 5. The average molecular weight is 547 g/mol. The van der Waals surface area contributed by atoms with E-state index in [1.807, 2.05) is 0 Å². The van der Waals surface area contributed by atoms with Gasteiger partial charge in [-0.25, -0.2) is 13.2 Å². The molecule has 0 N–H and O–H groups in total. The predicted molar refractivity (Wildman–Crippen MR) is 123 cm³/mol. The predicted octanol–water partition coefficient (Wildman–Crippen LogP) is 5.94. The fraction of sp³-hybridized carbons (Fsp3) is 0.143. The molecule has 3 aromatic carbocycles. The van der Waals surface area contributed by atoms with E-state index in [4.69, 9.17) is 32.1 Å². The maximum absolute atomic E-state index is 14.7. The van der Waals surface area contributed by atoms with E-state index < -0.39 is 54.3 Å².